The molecule has 0 bridgehead atoms. The van der Waals surface area contributed by atoms with Gasteiger partial charge in [0.15, 0.2) is 15.7 Å². The van der Waals surface area contributed by atoms with E-state index in [1.54, 1.807) is 7.05 Å². The van der Waals surface area contributed by atoms with Crippen LogP contribution in [-0.4, -0.2) is 65.3 Å². The maximum atomic E-state index is 13.0. The first-order chi connectivity index (χ1) is 12.4. The van der Waals surface area contributed by atoms with E-state index in [9.17, 15) is 18.0 Å². The summed E-state index contributed by atoms with van der Waals surface area (Å²) in [5.74, 6) is -0.140. The molecule has 1 aromatic heterocycles. The number of nitrogens with zero attached hydrogens (tertiary/aromatic N) is 3. The van der Waals surface area contributed by atoms with Gasteiger partial charge in [0.1, 0.15) is 5.69 Å². The second-order valence-corrected chi connectivity index (χ2v) is 9.79. The van der Waals surface area contributed by atoms with Crippen LogP contribution in [0.25, 0.3) is 0 Å². The predicted molar refractivity (Wildman–Crippen MR) is 94.8 cm³/mol. The highest BCUT2D eigenvalue weighted by atomic mass is 32.2. The highest BCUT2D eigenvalue weighted by molar-refractivity contribution is 7.91. The molecule has 9 heteroatoms. The fraction of sp³-hybridized carbons (Fsp3) is 0.706. The van der Waals surface area contributed by atoms with Crippen molar-refractivity contribution in [2.24, 2.45) is 0 Å². The lowest BCUT2D eigenvalue weighted by Crippen LogP contribution is -2.39. The number of aromatic nitrogens is 2. The SMILES string of the molecule is CN(C(=O)c1nc(C(=O)NC2CC2)c2n1CCCC2)C1CCS(=O)(=O)C1. The maximum Gasteiger partial charge on any atom is 0.289 e. The third kappa shape index (κ3) is 3.24. The van der Waals surface area contributed by atoms with Gasteiger partial charge in [-0.1, -0.05) is 0 Å². The molecule has 1 saturated carbocycles. The summed E-state index contributed by atoms with van der Waals surface area (Å²) in [6.07, 6.45) is 5.08. The molecule has 1 aromatic rings. The van der Waals surface area contributed by atoms with E-state index in [0.29, 0.717) is 18.7 Å². The number of amides is 2. The van der Waals surface area contributed by atoms with E-state index >= 15 is 0 Å². The molecular weight excluding hydrogens is 356 g/mol. The van der Waals surface area contributed by atoms with Crippen LogP contribution in [0, 0.1) is 0 Å². The summed E-state index contributed by atoms with van der Waals surface area (Å²) in [5.41, 5.74) is 1.18. The van der Waals surface area contributed by atoms with Crippen molar-refractivity contribution in [2.75, 3.05) is 18.6 Å². The molecule has 1 unspecified atom stereocenters. The van der Waals surface area contributed by atoms with Gasteiger partial charge in [0.05, 0.1) is 17.2 Å². The number of carbonyl (C=O) groups excluding carboxylic acids is 2. The van der Waals surface area contributed by atoms with Gasteiger partial charge in [0.2, 0.25) is 0 Å². The fourth-order valence-corrected chi connectivity index (χ4v) is 5.55. The lowest BCUT2D eigenvalue weighted by atomic mass is 10.1. The van der Waals surface area contributed by atoms with E-state index in [0.717, 1.165) is 37.8 Å². The van der Waals surface area contributed by atoms with Crippen LogP contribution in [0.15, 0.2) is 0 Å². The van der Waals surface area contributed by atoms with Crippen molar-refractivity contribution in [3.8, 4) is 0 Å². The standard InChI is InChI=1S/C17H24N4O4S/c1-20(12-7-9-26(24,25)10-12)17(23)15-19-14(16(22)18-11-5-6-11)13-4-2-3-8-21(13)15/h11-12H,2-10H2,1H3,(H,18,22). The zero-order valence-electron chi connectivity index (χ0n) is 14.9. The number of imidazole rings is 1. The van der Waals surface area contributed by atoms with Gasteiger partial charge in [-0.3, -0.25) is 9.59 Å². The molecule has 0 spiro atoms. The normalized spacial score (nSPS) is 24.1. The van der Waals surface area contributed by atoms with E-state index in [1.165, 1.54) is 4.90 Å². The lowest BCUT2D eigenvalue weighted by molar-refractivity contribution is 0.0729. The summed E-state index contributed by atoms with van der Waals surface area (Å²) in [4.78, 5) is 31.4. The Labute approximate surface area is 152 Å². The molecule has 1 saturated heterocycles. The summed E-state index contributed by atoms with van der Waals surface area (Å²) in [6, 6.07) is -0.0956. The smallest absolute Gasteiger partial charge is 0.289 e. The predicted octanol–water partition coefficient (Wildman–Crippen LogP) is 0.371. The van der Waals surface area contributed by atoms with E-state index in [-0.39, 0.29) is 41.2 Å². The fourth-order valence-electron chi connectivity index (χ4n) is 3.77. The Hall–Kier alpha value is -1.90. The maximum absolute atomic E-state index is 13.0. The number of fused-ring (bicyclic) bond motifs is 1. The molecule has 1 atom stereocenters. The molecule has 2 fully saturated rings. The Morgan fingerprint density at radius 3 is 2.65 bits per heavy atom. The van der Waals surface area contributed by atoms with Crippen LogP contribution in [0.4, 0.5) is 0 Å². The minimum Gasteiger partial charge on any atom is -0.348 e. The van der Waals surface area contributed by atoms with E-state index in [2.05, 4.69) is 10.3 Å². The van der Waals surface area contributed by atoms with Crippen LogP contribution >= 0.6 is 0 Å². The molecule has 0 aromatic carbocycles. The molecular formula is C17H24N4O4S. The molecule has 2 amide bonds. The van der Waals surface area contributed by atoms with E-state index in [1.807, 2.05) is 4.57 Å². The van der Waals surface area contributed by atoms with Crippen LogP contribution in [-0.2, 0) is 22.8 Å². The van der Waals surface area contributed by atoms with Crippen LogP contribution in [0.3, 0.4) is 0 Å². The van der Waals surface area contributed by atoms with Crippen molar-refractivity contribution in [1.29, 1.82) is 0 Å². The Bertz CT molecular complexity index is 856. The molecule has 1 N–H and O–H groups in total. The van der Waals surface area contributed by atoms with Gasteiger partial charge in [-0.25, -0.2) is 13.4 Å². The summed E-state index contributed by atoms with van der Waals surface area (Å²) in [5, 5.41) is 2.95. The zero-order chi connectivity index (χ0) is 18.5. The summed E-state index contributed by atoms with van der Waals surface area (Å²) in [6.45, 7) is 0.664. The van der Waals surface area contributed by atoms with Gasteiger partial charge in [-0.15, -0.1) is 0 Å². The van der Waals surface area contributed by atoms with Gasteiger partial charge in [-0.2, -0.15) is 0 Å². The first-order valence-corrected chi connectivity index (χ1v) is 11.1. The van der Waals surface area contributed by atoms with Crippen molar-refractivity contribution >= 4 is 21.7 Å². The zero-order valence-corrected chi connectivity index (χ0v) is 15.7. The Morgan fingerprint density at radius 1 is 1.23 bits per heavy atom. The molecule has 4 rings (SSSR count). The van der Waals surface area contributed by atoms with Crippen molar-refractivity contribution in [3.63, 3.8) is 0 Å². The second kappa shape index (κ2) is 6.37. The van der Waals surface area contributed by atoms with Crippen molar-refractivity contribution in [1.82, 2.24) is 19.8 Å². The van der Waals surface area contributed by atoms with Gasteiger partial charge >= 0.3 is 0 Å². The largest absolute Gasteiger partial charge is 0.348 e. The van der Waals surface area contributed by atoms with Crippen LogP contribution in [0.1, 0.15) is 58.9 Å². The van der Waals surface area contributed by atoms with E-state index in [4.69, 9.17) is 0 Å². The quantitative estimate of drug-likeness (QED) is 0.813. The number of hydrogen-bond acceptors (Lipinski definition) is 5. The first-order valence-electron chi connectivity index (χ1n) is 9.23. The lowest BCUT2D eigenvalue weighted by Gasteiger charge is -2.24. The Morgan fingerprint density at radius 2 is 2.00 bits per heavy atom. The molecule has 3 heterocycles. The summed E-state index contributed by atoms with van der Waals surface area (Å²) >= 11 is 0. The number of nitrogens with one attached hydrogen (secondary N) is 1. The number of sulfone groups is 1. The van der Waals surface area contributed by atoms with Crippen LogP contribution in [0.5, 0.6) is 0 Å². The minimum atomic E-state index is -3.07. The third-order valence-corrected chi connectivity index (χ3v) is 7.26. The average molecular weight is 380 g/mol. The van der Waals surface area contributed by atoms with Crippen molar-refractivity contribution < 1.29 is 18.0 Å². The van der Waals surface area contributed by atoms with Gasteiger partial charge < -0.3 is 14.8 Å². The van der Waals surface area contributed by atoms with E-state index < -0.39 is 9.84 Å². The second-order valence-electron chi connectivity index (χ2n) is 7.56. The van der Waals surface area contributed by atoms with Gasteiger partial charge in [0, 0.05) is 25.7 Å². The summed E-state index contributed by atoms with van der Waals surface area (Å²) < 4.78 is 25.3. The van der Waals surface area contributed by atoms with Crippen molar-refractivity contribution in [3.05, 3.63) is 17.2 Å². The molecule has 142 valence electrons. The molecule has 3 aliphatic rings. The molecule has 1 aliphatic carbocycles. The number of hydrogen-bond donors (Lipinski definition) is 1. The summed E-state index contributed by atoms with van der Waals surface area (Å²) in [7, 11) is -1.45. The third-order valence-electron chi connectivity index (χ3n) is 5.51. The molecule has 26 heavy (non-hydrogen) atoms. The molecule has 0 radical (unpaired) electrons. The van der Waals surface area contributed by atoms with Crippen LogP contribution in [0.2, 0.25) is 0 Å². The first kappa shape index (κ1) is 17.5. The highest BCUT2D eigenvalue weighted by Gasteiger charge is 2.36. The Balaban J connectivity index is 1.62. The minimum absolute atomic E-state index is 0.00215. The average Bonchev–Trinajstić information content (AvgIpc) is 3.22. The Kier molecular flexibility index (Phi) is 4.29. The topological polar surface area (TPSA) is 101 Å². The molecule has 2 aliphatic heterocycles. The molecule has 8 nitrogen and oxygen atoms in total. The highest BCUT2D eigenvalue weighted by Crippen LogP contribution is 2.25. The number of rotatable bonds is 4. The number of carbonyl (C=O) groups is 2. The van der Waals surface area contributed by atoms with Gasteiger partial charge in [-0.05, 0) is 38.5 Å². The monoisotopic (exact) mass is 380 g/mol. The van der Waals surface area contributed by atoms with Crippen molar-refractivity contribution in [2.45, 2.75) is 57.2 Å². The van der Waals surface area contributed by atoms with Crippen LogP contribution < -0.4 is 5.32 Å². The van der Waals surface area contributed by atoms with Gasteiger partial charge in [0.25, 0.3) is 11.8 Å².